The van der Waals surface area contributed by atoms with Crippen LogP contribution < -0.4 is 16.0 Å². The molecule has 0 radical (unpaired) electrons. The Bertz CT molecular complexity index is 375. The predicted octanol–water partition coefficient (Wildman–Crippen LogP) is 1.80. The Balaban J connectivity index is 0.00000529. The fraction of sp³-hybridized carbons (Fsp3) is 0.882. The molecule has 1 rings (SSSR count). The van der Waals surface area contributed by atoms with E-state index in [1.165, 1.54) is 0 Å². The van der Waals surface area contributed by atoms with Gasteiger partial charge < -0.3 is 16.0 Å². The summed E-state index contributed by atoms with van der Waals surface area (Å²) < 4.78 is 0. The van der Waals surface area contributed by atoms with E-state index in [1.54, 1.807) is 0 Å². The second-order valence-corrected chi connectivity index (χ2v) is 6.68. The van der Waals surface area contributed by atoms with Crippen molar-refractivity contribution in [1.29, 1.82) is 0 Å². The third-order valence-corrected chi connectivity index (χ3v) is 3.96. The molecule has 0 unspecified atom stereocenters. The minimum absolute atomic E-state index is 0. The Morgan fingerprint density at radius 1 is 1.08 bits per heavy atom. The van der Waals surface area contributed by atoms with Crippen molar-refractivity contribution < 1.29 is 4.79 Å². The molecule has 0 aromatic carbocycles. The lowest BCUT2D eigenvalue weighted by molar-refractivity contribution is -0.122. The van der Waals surface area contributed by atoms with Gasteiger partial charge in [0.25, 0.3) is 0 Å². The van der Waals surface area contributed by atoms with E-state index >= 15 is 0 Å². The largest absolute Gasteiger partial charge is 0.357 e. The molecular formula is C17H36IN5O. The number of rotatable bonds is 10. The molecule has 142 valence electrons. The molecule has 0 aromatic rings. The van der Waals surface area contributed by atoms with Gasteiger partial charge in [0.15, 0.2) is 5.96 Å². The first-order chi connectivity index (χ1) is 11.0. The van der Waals surface area contributed by atoms with E-state index in [0.717, 1.165) is 38.4 Å². The summed E-state index contributed by atoms with van der Waals surface area (Å²) in [5.41, 5.74) is 0. The number of carbonyl (C=O) groups is 1. The van der Waals surface area contributed by atoms with Gasteiger partial charge in [-0.2, -0.15) is 0 Å². The second kappa shape index (κ2) is 12.7. The molecule has 0 saturated heterocycles. The highest BCUT2D eigenvalue weighted by Crippen LogP contribution is 2.28. The molecule has 6 nitrogen and oxygen atoms in total. The molecule has 24 heavy (non-hydrogen) atoms. The molecule has 1 fully saturated rings. The van der Waals surface area contributed by atoms with Gasteiger partial charge in [0.2, 0.25) is 5.91 Å². The lowest BCUT2D eigenvalue weighted by Crippen LogP contribution is -2.43. The van der Waals surface area contributed by atoms with Crippen LogP contribution in [0.3, 0.4) is 0 Å². The monoisotopic (exact) mass is 453 g/mol. The normalized spacial score (nSPS) is 14.8. The fourth-order valence-corrected chi connectivity index (χ4v) is 2.59. The topological polar surface area (TPSA) is 68.8 Å². The highest BCUT2D eigenvalue weighted by molar-refractivity contribution is 14.0. The van der Waals surface area contributed by atoms with Crippen LogP contribution in [0.4, 0.5) is 0 Å². The third-order valence-electron chi connectivity index (χ3n) is 3.96. The van der Waals surface area contributed by atoms with Gasteiger partial charge in [0, 0.05) is 44.2 Å². The van der Waals surface area contributed by atoms with Gasteiger partial charge >= 0.3 is 0 Å². The molecule has 1 saturated carbocycles. The van der Waals surface area contributed by atoms with Crippen molar-refractivity contribution in [3.05, 3.63) is 0 Å². The molecule has 0 aliphatic heterocycles. The summed E-state index contributed by atoms with van der Waals surface area (Å²) in [5, 5.41) is 9.47. The predicted molar refractivity (Wildman–Crippen MR) is 112 cm³/mol. The average molecular weight is 453 g/mol. The SMILES string of the molecule is CCNC(=NCCN(C(C)C)C(C)C)NCCNC(=O)C1CC1.I. The molecule has 0 heterocycles. The lowest BCUT2D eigenvalue weighted by atomic mass is 10.2. The summed E-state index contributed by atoms with van der Waals surface area (Å²) >= 11 is 0. The number of carbonyl (C=O) groups excluding carboxylic acids is 1. The maximum Gasteiger partial charge on any atom is 0.223 e. The van der Waals surface area contributed by atoms with Gasteiger partial charge in [0.05, 0.1) is 6.54 Å². The number of guanidine groups is 1. The number of hydrogen-bond donors (Lipinski definition) is 3. The van der Waals surface area contributed by atoms with Gasteiger partial charge in [-0.1, -0.05) is 0 Å². The number of hydrogen-bond acceptors (Lipinski definition) is 3. The highest BCUT2D eigenvalue weighted by atomic mass is 127. The second-order valence-electron chi connectivity index (χ2n) is 6.68. The minimum Gasteiger partial charge on any atom is -0.357 e. The van der Waals surface area contributed by atoms with Crippen LogP contribution in [0.25, 0.3) is 0 Å². The molecule has 0 bridgehead atoms. The molecule has 0 aromatic heterocycles. The van der Waals surface area contributed by atoms with Crippen molar-refractivity contribution >= 4 is 35.8 Å². The number of halogens is 1. The van der Waals surface area contributed by atoms with E-state index in [-0.39, 0.29) is 35.8 Å². The number of amides is 1. The van der Waals surface area contributed by atoms with Gasteiger partial charge in [-0.05, 0) is 47.5 Å². The first-order valence-corrected chi connectivity index (χ1v) is 9.01. The molecule has 1 aliphatic rings. The molecule has 7 heteroatoms. The minimum atomic E-state index is 0. The quantitative estimate of drug-likeness (QED) is 0.204. The van der Waals surface area contributed by atoms with E-state index in [1.807, 2.05) is 0 Å². The summed E-state index contributed by atoms with van der Waals surface area (Å²) in [6, 6.07) is 1.05. The van der Waals surface area contributed by atoms with Crippen molar-refractivity contribution in [3.63, 3.8) is 0 Å². The van der Waals surface area contributed by atoms with Crippen molar-refractivity contribution in [2.24, 2.45) is 10.9 Å². The third kappa shape index (κ3) is 9.66. The molecular weight excluding hydrogens is 417 g/mol. The Morgan fingerprint density at radius 2 is 1.67 bits per heavy atom. The first-order valence-electron chi connectivity index (χ1n) is 9.01. The Hall–Kier alpha value is -0.570. The summed E-state index contributed by atoms with van der Waals surface area (Å²) in [7, 11) is 0. The Labute approximate surface area is 164 Å². The molecule has 0 atom stereocenters. The summed E-state index contributed by atoms with van der Waals surface area (Å²) in [6.45, 7) is 14.8. The van der Waals surface area contributed by atoms with Gasteiger partial charge in [-0.3, -0.25) is 14.7 Å². The average Bonchev–Trinajstić information content (AvgIpc) is 3.31. The van der Waals surface area contributed by atoms with Gasteiger partial charge in [-0.15, -0.1) is 24.0 Å². The molecule has 1 amide bonds. The van der Waals surface area contributed by atoms with E-state index in [4.69, 9.17) is 0 Å². The summed E-state index contributed by atoms with van der Waals surface area (Å²) in [6.07, 6.45) is 2.09. The van der Waals surface area contributed by atoms with E-state index in [9.17, 15) is 4.79 Å². The van der Waals surface area contributed by atoms with E-state index < -0.39 is 0 Å². The first kappa shape index (κ1) is 23.4. The van der Waals surface area contributed by atoms with Crippen LogP contribution >= 0.6 is 24.0 Å². The molecule has 3 N–H and O–H groups in total. The van der Waals surface area contributed by atoms with Crippen molar-refractivity contribution in [2.45, 2.75) is 59.5 Å². The fourth-order valence-electron chi connectivity index (χ4n) is 2.59. The molecule has 0 spiro atoms. The maximum absolute atomic E-state index is 11.6. The van der Waals surface area contributed by atoms with Crippen molar-refractivity contribution in [2.75, 3.05) is 32.7 Å². The number of nitrogens with one attached hydrogen (secondary N) is 3. The molecule has 1 aliphatic carbocycles. The number of nitrogens with zero attached hydrogens (tertiary/aromatic N) is 2. The van der Waals surface area contributed by atoms with Gasteiger partial charge in [0.1, 0.15) is 0 Å². The smallest absolute Gasteiger partial charge is 0.223 e. The van der Waals surface area contributed by atoms with Crippen LogP contribution in [0, 0.1) is 5.92 Å². The summed E-state index contributed by atoms with van der Waals surface area (Å²) in [5.74, 6) is 1.29. The van der Waals surface area contributed by atoms with Crippen LogP contribution in [0.5, 0.6) is 0 Å². The van der Waals surface area contributed by atoms with Crippen LogP contribution in [-0.2, 0) is 4.79 Å². The van der Waals surface area contributed by atoms with Gasteiger partial charge in [-0.25, -0.2) is 0 Å². The Morgan fingerprint density at radius 3 is 2.17 bits per heavy atom. The van der Waals surface area contributed by atoms with Crippen LogP contribution in [0.2, 0.25) is 0 Å². The van der Waals surface area contributed by atoms with E-state index in [2.05, 4.69) is 60.5 Å². The zero-order valence-electron chi connectivity index (χ0n) is 15.9. The Kier molecular flexibility index (Phi) is 12.4. The van der Waals surface area contributed by atoms with Crippen LogP contribution in [0.1, 0.15) is 47.5 Å². The van der Waals surface area contributed by atoms with Crippen molar-refractivity contribution in [1.82, 2.24) is 20.9 Å². The van der Waals surface area contributed by atoms with Crippen molar-refractivity contribution in [3.8, 4) is 0 Å². The van der Waals surface area contributed by atoms with E-state index in [0.29, 0.717) is 25.2 Å². The lowest BCUT2D eigenvalue weighted by Gasteiger charge is -2.29. The summed E-state index contributed by atoms with van der Waals surface area (Å²) in [4.78, 5) is 18.6. The highest BCUT2D eigenvalue weighted by Gasteiger charge is 2.28. The maximum atomic E-state index is 11.6. The zero-order chi connectivity index (χ0) is 17.2. The standard InChI is InChI=1S/C17H35N5O.HI/c1-6-18-17(20-10-9-19-16(23)15-7-8-15)21-11-12-22(13(2)3)14(4)5;/h13-15H,6-12H2,1-5H3,(H,19,23)(H2,18,20,21);1H. The van der Waals surface area contributed by atoms with Crippen LogP contribution in [0.15, 0.2) is 4.99 Å². The van der Waals surface area contributed by atoms with Crippen LogP contribution in [-0.4, -0.2) is 61.6 Å². The zero-order valence-corrected chi connectivity index (χ0v) is 18.2. The number of aliphatic imine (C=N–C) groups is 1.